The van der Waals surface area contributed by atoms with Gasteiger partial charge in [0.05, 0.1) is 0 Å². The van der Waals surface area contributed by atoms with Gasteiger partial charge in [0.15, 0.2) is 6.61 Å². The van der Waals surface area contributed by atoms with Crippen molar-refractivity contribution in [3.8, 4) is 5.75 Å². The first-order valence-corrected chi connectivity index (χ1v) is 9.61. The van der Waals surface area contributed by atoms with Crippen LogP contribution in [0.4, 0.5) is 0 Å². The smallest absolute Gasteiger partial charge is 0.261 e. The van der Waals surface area contributed by atoms with Gasteiger partial charge in [-0.1, -0.05) is 61.9 Å². The number of nitrogens with one attached hydrogen (secondary N) is 1. The Morgan fingerprint density at radius 3 is 2.29 bits per heavy atom. The molecule has 0 saturated heterocycles. The highest BCUT2D eigenvalue weighted by atomic mass is 16.5. The summed E-state index contributed by atoms with van der Waals surface area (Å²) in [6.07, 6.45) is 0. The summed E-state index contributed by atoms with van der Waals surface area (Å²) in [6.45, 7) is 8.15. The lowest BCUT2D eigenvalue weighted by Crippen LogP contribution is -2.48. The van der Waals surface area contributed by atoms with E-state index in [-0.39, 0.29) is 18.4 Å². The largest absolute Gasteiger partial charge is 0.483 e. The van der Waals surface area contributed by atoms with Crippen LogP contribution in [0.2, 0.25) is 0 Å². The fourth-order valence-electron chi connectivity index (χ4n) is 2.99. The molecule has 0 spiro atoms. The van der Waals surface area contributed by atoms with Crippen molar-refractivity contribution in [2.24, 2.45) is 0 Å². The summed E-state index contributed by atoms with van der Waals surface area (Å²) in [4.78, 5) is 26.7. The van der Waals surface area contributed by atoms with E-state index >= 15 is 0 Å². The molecule has 150 valence electrons. The minimum Gasteiger partial charge on any atom is -0.483 e. The Morgan fingerprint density at radius 1 is 1.04 bits per heavy atom. The summed E-state index contributed by atoms with van der Waals surface area (Å²) in [7, 11) is 1.57. The summed E-state index contributed by atoms with van der Waals surface area (Å²) in [6, 6.07) is 15.1. The molecule has 0 saturated carbocycles. The summed E-state index contributed by atoms with van der Waals surface area (Å²) in [5, 5.41) is 2.62. The third-order valence-electron chi connectivity index (χ3n) is 4.78. The van der Waals surface area contributed by atoms with Gasteiger partial charge in [-0.3, -0.25) is 9.59 Å². The molecule has 0 bridgehead atoms. The quantitative estimate of drug-likeness (QED) is 0.758. The molecule has 0 aliphatic rings. The highest BCUT2D eigenvalue weighted by Crippen LogP contribution is 2.26. The molecule has 1 atom stereocenters. The minimum atomic E-state index is -0.595. The fourth-order valence-corrected chi connectivity index (χ4v) is 2.99. The van der Waals surface area contributed by atoms with Crippen LogP contribution in [0.3, 0.4) is 0 Å². The number of carbonyl (C=O) groups excluding carboxylic acids is 2. The van der Waals surface area contributed by atoms with Crippen LogP contribution in [-0.2, 0) is 16.1 Å². The van der Waals surface area contributed by atoms with Gasteiger partial charge in [0.1, 0.15) is 11.8 Å². The van der Waals surface area contributed by atoms with E-state index in [1.165, 1.54) is 0 Å². The Labute approximate surface area is 167 Å². The molecular formula is C23H30N2O3. The molecule has 5 heteroatoms. The van der Waals surface area contributed by atoms with Gasteiger partial charge in [0.2, 0.25) is 5.91 Å². The topological polar surface area (TPSA) is 58.6 Å². The first kappa shape index (κ1) is 21.5. The number of carbonyl (C=O) groups is 2. The highest BCUT2D eigenvalue weighted by molar-refractivity contribution is 5.87. The summed E-state index contributed by atoms with van der Waals surface area (Å²) < 4.78 is 5.84. The second-order valence-corrected chi connectivity index (χ2v) is 7.28. The van der Waals surface area contributed by atoms with Gasteiger partial charge in [0, 0.05) is 13.6 Å². The van der Waals surface area contributed by atoms with Gasteiger partial charge in [-0.2, -0.15) is 0 Å². The monoisotopic (exact) mass is 382 g/mol. The van der Waals surface area contributed by atoms with Crippen LogP contribution < -0.4 is 10.1 Å². The molecule has 2 aromatic rings. The standard InChI is InChI=1S/C23H30N2O3/c1-16(2)20-8-6-7-9-21(20)28-15-22(26)25(18(4)23(27)24-5)14-19-12-10-17(3)11-13-19/h6-13,16,18H,14-15H2,1-5H3,(H,24,27)/t18-/m0/s1. The number of benzene rings is 2. The van der Waals surface area contributed by atoms with Crippen molar-refractivity contribution in [2.45, 2.75) is 46.2 Å². The Kier molecular flexibility index (Phi) is 7.61. The lowest BCUT2D eigenvalue weighted by Gasteiger charge is -2.28. The average molecular weight is 383 g/mol. The average Bonchev–Trinajstić information content (AvgIpc) is 2.70. The van der Waals surface area contributed by atoms with Crippen LogP contribution in [-0.4, -0.2) is 36.4 Å². The van der Waals surface area contributed by atoms with Crippen LogP contribution in [0.1, 0.15) is 43.4 Å². The molecule has 0 radical (unpaired) electrons. The molecular weight excluding hydrogens is 352 g/mol. The number of likely N-dealkylation sites (N-methyl/N-ethyl adjacent to an activating group) is 1. The molecule has 1 N–H and O–H groups in total. The Hall–Kier alpha value is -2.82. The number of amides is 2. The lowest BCUT2D eigenvalue weighted by atomic mass is 10.0. The molecule has 5 nitrogen and oxygen atoms in total. The highest BCUT2D eigenvalue weighted by Gasteiger charge is 2.26. The first-order chi connectivity index (χ1) is 13.3. The summed E-state index contributed by atoms with van der Waals surface area (Å²) in [5.74, 6) is 0.562. The van der Waals surface area contributed by atoms with E-state index < -0.39 is 6.04 Å². The van der Waals surface area contributed by atoms with Crippen molar-refractivity contribution in [1.82, 2.24) is 10.2 Å². The van der Waals surface area contributed by atoms with Gasteiger partial charge in [0.25, 0.3) is 5.91 Å². The molecule has 2 aromatic carbocycles. The Bertz CT molecular complexity index is 800. The second-order valence-electron chi connectivity index (χ2n) is 7.28. The predicted molar refractivity (Wildman–Crippen MR) is 111 cm³/mol. The Balaban J connectivity index is 2.16. The maximum atomic E-state index is 13.0. The van der Waals surface area contributed by atoms with Gasteiger partial charge in [-0.15, -0.1) is 0 Å². The minimum absolute atomic E-state index is 0.114. The van der Waals surface area contributed by atoms with Crippen LogP contribution in [0.15, 0.2) is 48.5 Å². The zero-order chi connectivity index (χ0) is 20.7. The van der Waals surface area contributed by atoms with E-state index in [2.05, 4.69) is 19.2 Å². The van der Waals surface area contributed by atoms with E-state index in [9.17, 15) is 9.59 Å². The van der Waals surface area contributed by atoms with Crippen molar-refractivity contribution in [3.63, 3.8) is 0 Å². The summed E-state index contributed by atoms with van der Waals surface area (Å²) >= 11 is 0. The summed E-state index contributed by atoms with van der Waals surface area (Å²) in [5.41, 5.74) is 3.17. The third kappa shape index (κ3) is 5.59. The van der Waals surface area contributed by atoms with Crippen molar-refractivity contribution in [1.29, 1.82) is 0 Å². The van der Waals surface area contributed by atoms with E-state index in [1.54, 1.807) is 18.9 Å². The number of aryl methyl sites for hydroxylation is 1. The van der Waals surface area contributed by atoms with E-state index in [0.29, 0.717) is 18.2 Å². The number of rotatable bonds is 8. The zero-order valence-corrected chi connectivity index (χ0v) is 17.4. The molecule has 0 unspecified atom stereocenters. The lowest BCUT2D eigenvalue weighted by molar-refractivity contribution is -0.142. The van der Waals surface area contributed by atoms with E-state index in [0.717, 1.165) is 16.7 Å². The normalized spacial score (nSPS) is 11.8. The van der Waals surface area contributed by atoms with Crippen molar-refractivity contribution in [2.75, 3.05) is 13.7 Å². The number of ether oxygens (including phenoxy) is 1. The van der Waals surface area contributed by atoms with Gasteiger partial charge < -0.3 is 15.0 Å². The SMILES string of the molecule is CNC(=O)[C@H](C)N(Cc1ccc(C)cc1)C(=O)COc1ccccc1C(C)C. The van der Waals surface area contributed by atoms with Gasteiger partial charge in [-0.25, -0.2) is 0 Å². The molecule has 0 aromatic heterocycles. The van der Waals surface area contributed by atoms with Crippen molar-refractivity contribution >= 4 is 11.8 Å². The maximum absolute atomic E-state index is 13.0. The van der Waals surface area contributed by atoms with E-state index in [1.807, 2.05) is 55.5 Å². The van der Waals surface area contributed by atoms with Gasteiger partial charge in [-0.05, 0) is 37.0 Å². The van der Waals surface area contributed by atoms with Crippen LogP contribution in [0, 0.1) is 6.92 Å². The number of hydrogen-bond acceptors (Lipinski definition) is 3. The molecule has 0 fully saturated rings. The molecule has 0 aliphatic heterocycles. The van der Waals surface area contributed by atoms with Crippen LogP contribution >= 0.6 is 0 Å². The van der Waals surface area contributed by atoms with Gasteiger partial charge >= 0.3 is 0 Å². The molecule has 2 amide bonds. The number of nitrogens with zero attached hydrogens (tertiary/aromatic N) is 1. The number of para-hydroxylation sites is 1. The second kappa shape index (κ2) is 9.93. The predicted octanol–water partition coefficient (Wildman–Crippen LogP) is 3.66. The fraction of sp³-hybridized carbons (Fsp3) is 0.391. The third-order valence-corrected chi connectivity index (χ3v) is 4.78. The van der Waals surface area contributed by atoms with E-state index in [4.69, 9.17) is 4.74 Å². The maximum Gasteiger partial charge on any atom is 0.261 e. The molecule has 0 heterocycles. The van der Waals surface area contributed by atoms with Crippen molar-refractivity contribution in [3.05, 3.63) is 65.2 Å². The molecule has 0 aliphatic carbocycles. The van der Waals surface area contributed by atoms with Crippen LogP contribution in [0.25, 0.3) is 0 Å². The van der Waals surface area contributed by atoms with Crippen molar-refractivity contribution < 1.29 is 14.3 Å². The number of hydrogen-bond donors (Lipinski definition) is 1. The zero-order valence-electron chi connectivity index (χ0n) is 17.4. The molecule has 2 rings (SSSR count). The molecule has 28 heavy (non-hydrogen) atoms. The first-order valence-electron chi connectivity index (χ1n) is 9.61. The van der Waals surface area contributed by atoms with Crippen LogP contribution in [0.5, 0.6) is 5.75 Å². The Morgan fingerprint density at radius 2 is 1.68 bits per heavy atom.